The fourth-order valence-electron chi connectivity index (χ4n) is 2.03. The number of rotatable bonds is 5. The molecule has 0 bridgehead atoms. The summed E-state index contributed by atoms with van der Waals surface area (Å²) in [4.78, 5) is 0. The van der Waals surface area contributed by atoms with E-state index in [1.54, 1.807) is 24.3 Å². The van der Waals surface area contributed by atoms with Crippen molar-refractivity contribution in [3.63, 3.8) is 0 Å². The van der Waals surface area contributed by atoms with Gasteiger partial charge in [0.1, 0.15) is 0 Å². The van der Waals surface area contributed by atoms with Crippen LogP contribution in [0.3, 0.4) is 0 Å². The van der Waals surface area contributed by atoms with Gasteiger partial charge >= 0.3 is 6.18 Å². The highest BCUT2D eigenvalue weighted by atomic mass is 19.4. The van der Waals surface area contributed by atoms with E-state index in [4.69, 9.17) is 4.74 Å². The molecule has 23 heavy (non-hydrogen) atoms. The van der Waals surface area contributed by atoms with Crippen molar-refractivity contribution in [1.82, 2.24) is 0 Å². The molecule has 0 amide bonds. The molecule has 1 nitrogen and oxygen atoms in total. The molecule has 1 unspecified atom stereocenters. The lowest BCUT2D eigenvalue weighted by atomic mass is 10.1. The molecule has 4 heteroatoms. The largest absolute Gasteiger partial charge is 0.390 e. The van der Waals surface area contributed by atoms with Crippen LogP contribution in [0.2, 0.25) is 0 Å². The monoisotopic (exact) mass is 318 g/mol. The lowest BCUT2D eigenvalue weighted by Gasteiger charge is -2.14. The third-order valence-corrected chi connectivity index (χ3v) is 3.10. The average Bonchev–Trinajstić information content (AvgIpc) is 2.53. The molecule has 0 saturated heterocycles. The Morgan fingerprint density at radius 3 is 2.13 bits per heavy atom. The van der Waals surface area contributed by atoms with Crippen molar-refractivity contribution >= 4 is 0 Å². The van der Waals surface area contributed by atoms with Crippen molar-refractivity contribution in [3.05, 3.63) is 71.8 Å². The van der Waals surface area contributed by atoms with Gasteiger partial charge < -0.3 is 4.74 Å². The van der Waals surface area contributed by atoms with Gasteiger partial charge in [-0.1, -0.05) is 60.4 Å². The van der Waals surface area contributed by atoms with Crippen LogP contribution in [0.25, 0.3) is 0 Å². The van der Waals surface area contributed by atoms with Gasteiger partial charge in [-0.15, -0.1) is 0 Å². The van der Waals surface area contributed by atoms with E-state index in [0.29, 0.717) is 5.56 Å². The molecule has 0 N–H and O–H groups in total. The normalized spacial score (nSPS) is 12.3. The van der Waals surface area contributed by atoms with Crippen molar-refractivity contribution in [2.24, 2.45) is 5.92 Å². The smallest absolute Gasteiger partial charge is 0.375 e. The van der Waals surface area contributed by atoms with Gasteiger partial charge in [0.15, 0.2) is 0 Å². The van der Waals surface area contributed by atoms with E-state index in [2.05, 4.69) is 11.8 Å². The van der Waals surface area contributed by atoms with Crippen LogP contribution in [-0.2, 0) is 11.3 Å². The lowest BCUT2D eigenvalue weighted by Crippen LogP contribution is -2.18. The average molecular weight is 318 g/mol. The summed E-state index contributed by atoms with van der Waals surface area (Å²) >= 11 is 0. The van der Waals surface area contributed by atoms with Crippen LogP contribution < -0.4 is 0 Å². The zero-order chi connectivity index (χ0) is 16.5. The molecule has 0 aliphatic rings. The van der Waals surface area contributed by atoms with Crippen LogP contribution in [0, 0.1) is 17.8 Å². The molecule has 2 rings (SSSR count). The maximum Gasteiger partial charge on any atom is 0.390 e. The fourth-order valence-corrected chi connectivity index (χ4v) is 2.03. The molecule has 0 spiro atoms. The van der Waals surface area contributed by atoms with Gasteiger partial charge in [-0.25, -0.2) is 0 Å². The summed E-state index contributed by atoms with van der Waals surface area (Å²) in [7, 11) is 0. The van der Waals surface area contributed by atoms with E-state index >= 15 is 0 Å². The molecular formula is C19H17F3O. The Kier molecular flexibility index (Phi) is 6.25. The molecule has 1 atom stereocenters. The number of ether oxygens (including phenoxy) is 1. The highest BCUT2D eigenvalue weighted by Gasteiger charge is 2.31. The molecule has 0 aromatic heterocycles. The van der Waals surface area contributed by atoms with Gasteiger partial charge in [-0.05, 0) is 17.7 Å². The molecule has 120 valence electrons. The van der Waals surface area contributed by atoms with E-state index in [0.717, 1.165) is 5.56 Å². The topological polar surface area (TPSA) is 9.23 Å². The molecule has 0 heterocycles. The van der Waals surface area contributed by atoms with Gasteiger partial charge in [0.2, 0.25) is 0 Å². The van der Waals surface area contributed by atoms with E-state index in [9.17, 15) is 13.2 Å². The predicted molar refractivity (Wildman–Crippen MR) is 83.6 cm³/mol. The summed E-state index contributed by atoms with van der Waals surface area (Å²) in [6.07, 6.45) is -5.23. The number of hydrogen-bond donors (Lipinski definition) is 0. The second-order valence-corrected chi connectivity index (χ2v) is 5.15. The molecule has 0 radical (unpaired) electrons. The molecule has 2 aromatic carbocycles. The van der Waals surface area contributed by atoms with Crippen molar-refractivity contribution in [2.45, 2.75) is 19.2 Å². The van der Waals surface area contributed by atoms with E-state index in [1.807, 2.05) is 36.4 Å². The standard InChI is InChI=1S/C19H17F3O/c20-19(21,22)13-18(12-11-16-7-3-1-4-8-16)15-23-14-17-9-5-2-6-10-17/h1-10,18H,13-15H2. The highest BCUT2D eigenvalue weighted by Crippen LogP contribution is 2.25. The van der Waals surface area contributed by atoms with Crippen molar-refractivity contribution in [1.29, 1.82) is 0 Å². The summed E-state index contributed by atoms with van der Waals surface area (Å²) in [6.45, 7) is 0.233. The third kappa shape index (κ3) is 7.03. The molecular weight excluding hydrogens is 301 g/mol. The Morgan fingerprint density at radius 1 is 0.913 bits per heavy atom. The number of halogens is 3. The zero-order valence-corrected chi connectivity index (χ0v) is 12.5. The molecule has 0 aliphatic heterocycles. The number of alkyl halides is 3. The van der Waals surface area contributed by atoms with Crippen LogP contribution in [0.1, 0.15) is 17.5 Å². The Morgan fingerprint density at radius 2 is 1.52 bits per heavy atom. The summed E-state index contributed by atoms with van der Waals surface area (Å²) in [5.41, 5.74) is 1.62. The lowest BCUT2D eigenvalue weighted by molar-refractivity contribution is -0.144. The molecule has 0 fully saturated rings. The second-order valence-electron chi connectivity index (χ2n) is 5.15. The molecule has 0 saturated carbocycles. The zero-order valence-electron chi connectivity index (χ0n) is 12.5. The Bertz CT molecular complexity index is 639. The minimum atomic E-state index is -4.26. The first-order chi connectivity index (χ1) is 11.0. The maximum atomic E-state index is 12.7. The van der Waals surface area contributed by atoms with Crippen LogP contribution in [-0.4, -0.2) is 12.8 Å². The van der Waals surface area contributed by atoms with Crippen LogP contribution in [0.4, 0.5) is 13.2 Å². The third-order valence-electron chi connectivity index (χ3n) is 3.10. The van der Waals surface area contributed by atoms with Gasteiger partial charge in [-0.3, -0.25) is 0 Å². The van der Waals surface area contributed by atoms with E-state index in [1.165, 1.54) is 0 Å². The summed E-state index contributed by atoms with van der Waals surface area (Å²) < 4.78 is 43.4. The summed E-state index contributed by atoms with van der Waals surface area (Å²) in [6, 6.07) is 18.3. The fraction of sp³-hybridized carbons (Fsp3) is 0.263. The number of benzene rings is 2. The highest BCUT2D eigenvalue weighted by molar-refractivity contribution is 5.34. The van der Waals surface area contributed by atoms with E-state index in [-0.39, 0.29) is 13.2 Å². The molecule has 0 aliphatic carbocycles. The Hall–Kier alpha value is -2.25. The Balaban J connectivity index is 1.96. The van der Waals surface area contributed by atoms with Crippen molar-refractivity contribution in [2.75, 3.05) is 6.61 Å². The molecule has 2 aromatic rings. The summed E-state index contributed by atoms with van der Waals surface area (Å²) in [5.74, 6) is 4.59. The van der Waals surface area contributed by atoms with E-state index < -0.39 is 18.5 Å². The second kappa shape index (κ2) is 8.40. The van der Waals surface area contributed by atoms with Gasteiger partial charge in [0, 0.05) is 5.56 Å². The van der Waals surface area contributed by atoms with Crippen LogP contribution in [0.15, 0.2) is 60.7 Å². The quantitative estimate of drug-likeness (QED) is 0.718. The Labute approximate surface area is 134 Å². The number of hydrogen-bond acceptors (Lipinski definition) is 1. The van der Waals surface area contributed by atoms with Gasteiger partial charge in [0.05, 0.1) is 25.6 Å². The summed E-state index contributed by atoms with van der Waals surface area (Å²) in [5, 5.41) is 0. The minimum Gasteiger partial charge on any atom is -0.375 e. The van der Waals surface area contributed by atoms with Crippen molar-refractivity contribution < 1.29 is 17.9 Å². The maximum absolute atomic E-state index is 12.7. The first kappa shape index (κ1) is 17.1. The first-order valence-corrected chi connectivity index (χ1v) is 7.28. The SMILES string of the molecule is FC(F)(F)CC(C#Cc1ccccc1)COCc1ccccc1. The van der Waals surface area contributed by atoms with Crippen LogP contribution >= 0.6 is 0 Å². The van der Waals surface area contributed by atoms with Crippen molar-refractivity contribution in [3.8, 4) is 11.8 Å². The first-order valence-electron chi connectivity index (χ1n) is 7.28. The predicted octanol–water partition coefficient (Wildman–Crippen LogP) is 4.82. The minimum absolute atomic E-state index is 0.0474. The van der Waals surface area contributed by atoms with Crippen LogP contribution in [0.5, 0.6) is 0 Å². The van der Waals surface area contributed by atoms with Gasteiger partial charge in [0.25, 0.3) is 0 Å². The van der Waals surface area contributed by atoms with Gasteiger partial charge in [-0.2, -0.15) is 13.2 Å².